The van der Waals surface area contributed by atoms with E-state index in [0.29, 0.717) is 6.04 Å². The molecule has 0 fully saturated rings. The fraction of sp³-hybridized carbons (Fsp3) is 0.400. The van der Waals surface area contributed by atoms with Crippen molar-refractivity contribution in [2.75, 3.05) is 7.05 Å². The van der Waals surface area contributed by atoms with E-state index in [2.05, 4.69) is 46.0 Å². The minimum absolute atomic E-state index is 0.402. The Kier molecular flexibility index (Phi) is 4.58. The van der Waals surface area contributed by atoms with E-state index in [1.54, 1.807) is 12.4 Å². The Balaban J connectivity index is 1.94. The molecule has 0 aromatic carbocycles. The summed E-state index contributed by atoms with van der Waals surface area (Å²) in [6.07, 6.45) is 6.17. The van der Waals surface area contributed by atoms with E-state index in [9.17, 15) is 0 Å². The van der Waals surface area contributed by atoms with Crippen LogP contribution in [0.3, 0.4) is 0 Å². The van der Waals surface area contributed by atoms with Crippen LogP contribution in [-0.4, -0.2) is 32.9 Å². The van der Waals surface area contributed by atoms with Crippen molar-refractivity contribution in [3.8, 4) is 0 Å². The van der Waals surface area contributed by atoms with Gasteiger partial charge in [0.2, 0.25) is 0 Å². The average molecular weight is 256 g/mol. The maximum atomic E-state index is 4.53. The Morgan fingerprint density at radius 2 is 2.05 bits per heavy atom. The van der Waals surface area contributed by atoms with Crippen molar-refractivity contribution in [2.45, 2.75) is 32.9 Å². The van der Waals surface area contributed by atoms with E-state index >= 15 is 0 Å². The van der Waals surface area contributed by atoms with E-state index < -0.39 is 0 Å². The van der Waals surface area contributed by atoms with Gasteiger partial charge in [0.1, 0.15) is 0 Å². The maximum Gasteiger partial charge on any atom is 0.0602 e. The van der Waals surface area contributed by atoms with Gasteiger partial charge in [-0.05, 0) is 33.0 Å². The molecule has 2 aromatic rings. The smallest absolute Gasteiger partial charge is 0.0602 e. The van der Waals surface area contributed by atoms with Crippen molar-refractivity contribution in [2.24, 2.45) is 0 Å². The zero-order chi connectivity index (χ0) is 13.7. The average Bonchev–Trinajstić information content (AvgIpc) is 2.40. The Morgan fingerprint density at radius 1 is 1.21 bits per heavy atom. The first kappa shape index (κ1) is 13.6. The normalized spacial score (nSPS) is 12.6. The van der Waals surface area contributed by atoms with Crippen LogP contribution in [0.5, 0.6) is 0 Å². The van der Waals surface area contributed by atoms with Crippen LogP contribution >= 0.6 is 0 Å². The zero-order valence-electron chi connectivity index (χ0n) is 11.7. The third kappa shape index (κ3) is 4.10. The number of pyridine rings is 1. The molecule has 0 bridgehead atoms. The Hall–Kier alpha value is -1.81. The molecule has 2 heterocycles. The molecule has 4 heteroatoms. The highest BCUT2D eigenvalue weighted by atomic mass is 15.1. The molecule has 0 spiro atoms. The number of aryl methyl sites for hydroxylation is 1. The number of likely N-dealkylation sites (N-methyl/N-ethyl adjacent to an activating group) is 1. The van der Waals surface area contributed by atoms with Crippen LogP contribution in [0.4, 0.5) is 0 Å². The second-order valence-electron chi connectivity index (χ2n) is 4.94. The van der Waals surface area contributed by atoms with Gasteiger partial charge in [-0.2, -0.15) is 0 Å². The third-order valence-electron chi connectivity index (χ3n) is 3.23. The summed E-state index contributed by atoms with van der Waals surface area (Å²) in [6, 6.07) is 6.54. The molecule has 0 aliphatic carbocycles. The SMILES string of the molecule is Cc1cccc(CN(C)[C@@H](C)Cc2cnccn2)n1. The van der Waals surface area contributed by atoms with Crippen LogP contribution in [0, 0.1) is 6.92 Å². The first-order chi connectivity index (χ1) is 9.15. The number of hydrogen-bond acceptors (Lipinski definition) is 4. The van der Waals surface area contributed by atoms with Crippen molar-refractivity contribution in [1.29, 1.82) is 0 Å². The van der Waals surface area contributed by atoms with Gasteiger partial charge in [0.15, 0.2) is 0 Å². The minimum Gasteiger partial charge on any atom is -0.297 e. The van der Waals surface area contributed by atoms with Gasteiger partial charge in [-0.1, -0.05) is 6.07 Å². The predicted octanol–water partition coefficient (Wildman–Crippen LogP) is 2.24. The highest BCUT2D eigenvalue weighted by Gasteiger charge is 2.11. The fourth-order valence-electron chi connectivity index (χ4n) is 1.99. The number of aromatic nitrogens is 3. The van der Waals surface area contributed by atoms with Gasteiger partial charge in [-0.15, -0.1) is 0 Å². The second kappa shape index (κ2) is 6.38. The molecular formula is C15H20N4. The van der Waals surface area contributed by atoms with Gasteiger partial charge in [0, 0.05) is 43.3 Å². The second-order valence-corrected chi connectivity index (χ2v) is 4.94. The van der Waals surface area contributed by atoms with Crippen molar-refractivity contribution < 1.29 is 0 Å². The lowest BCUT2D eigenvalue weighted by molar-refractivity contribution is 0.244. The predicted molar refractivity (Wildman–Crippen MR) is 75.6 cm³/mol. The van der Waals surface area contributed by atoms with Crippen LogP contribution in [0.2, 0.25) is 0 Å². The minimum atomic E-state index is 0.402. The Morgan fingerprint density at radius 3 is 2.74 bits per heavy atom. The summed E-state index contributed by atoms with van der Waals surface area (Å²) in [5, 5.41) is 0. The summed E-state index contributed by atoms with van der Waals surface area (Å²) in [5.74, 6) is 0. The lowest BCUT2D eigenvalue weighted by atomic mass is 10.1. The van der Waals surface area contributed by atoms with Crippen LogP contribution < -0.4 is 0 Å². The van der Waals surface area contributed by atoms with E-state index in [4.69, 9.17) is 0 Å². The van der Waals surface area contributed by atoms with Gasteiger partial charge in [0.25, 0.3) is 0 Å². The van der Waals surface area contributed by atoms with Gasteiger partial charge in [-0.25, -0.2) is 0 Å². The Labute approximate surface area is 114 Å². The molecule has 2 aromatic heterocycles. The standard InChI is InChI=1S/C15H20N4/c1-12-5-4-6-14(18-12)11-19(3)13(2)9-15-10-16-7-8-17-15/h4-8,10,13H,9,11H2,1-3H3/t13-/m0/s1. The molecule has 0 N–H and O–H groups in total. The zero-order valence-corrected chi connectivity index (χ0v) is 11.7. The molecule has 1 atom stereocenters. The highest BCUT2D eigenvalue weighted by molar-refractivity contribution is 5.10. The molecule has 0 aliphatic rings. The number of hydrogen-bond donors (Lipinski definition) is 0. The number of nitrogens with zero attached hydrogens (tertiary/aromatic N) is 4. The largest absolute Gasteiger partial charge is 0.297 e. The molecule has 2 rings (SSSR count). The molecular weight excluding hydrogens is 236 g/mol. The summed E-state index contributed by atoms with van der Waals surface area (Å²) in [7, 11) is 2.12. The molecule has 0 unspecified atom stereocenters. The van der Waals surface area contributed by atoms with Crippen LogP contribution in [-0.2, 0) is 13.0 Å². The van der Waals surface area contributed by atoms with E-state index in [0.717, 1.165) is 30.0 Å². The molecule has 0 aliphatic heterocycles. The summed E-state index contributed by atoms with van der Waals surface area (Å²) >= 11 is 0. The quantitative estimate of drug-likeness (QED) is 0.823. The van der Waals surface area contributed by atoms with Crippen LogP contribution in [0.15, 0.2) is 36.8 Å². The first-order valence-corrected chi connectivity index (χ1v) is 6.53. The molecule has 100 valence electrons. The van der Waals surface area contributed by atoms with Crippen LogP contribution in [0.1, 0.15) is 24.0 Å². The summed E-state index contributed by atoms with van der Waals surface area (Å²) < 4.78 is 0. The van der Waals surface area contributed by atoms with E-state index in [1.165, 1.54) is 0 Å². The van der Waals surface area contributed by atoms with Crippen molar-refractivity contribution >= 4 is 0 Å². The highest BCUT2D eigenvalue weighted by Crippen LogP contribution is 2.08. The Bertz CT molecular complexity index is 513. The van der Waals surface area contributed by atoms with Crippen molar-refractivity contribution in [3.63, 3.8) is 0 Å². The van der Waals surface area contributed by atoms with Crippen molar-refractivity contribution in [1.82, 2.24) is 19.9 Å². The molecule has 0 amide bonds. The van der Waals surface area contributed by atoms with Crippen LogP contribution in [0.25, 0.3) is 0 Å². The molecule has 0 saturated heterocycles. The summed E-state index contributed by atoms with van der Waals surface area (Å²) in [4.78, 5) is 15.2. The van der Waals surface area contributed by atoms with Gasteiger partial charge >= 0.3 is 0 Å². The maximum absolute atomic E-state index is 4.53. The van der Waals surface area contributed by atoms with E-state index in [1.807, 2.05) is 19.2 Å². The lowest BCUT2D eigenvalue weighted by Gasteiger charge is -2.24. The monoisotopic (exact) mass is 256 g/mol. The van der Waals surface area contributed by atoms with Crippen molar-refractivity contribution in [3.05, 3.63) is 53.9 Å². The third-order valence-corrected chi connectivity index (χ3v) is 3.23. The lowest BCUT2D eigenvalue weighted by Crippen LogP contribution is -2.31. The summed E-state index contributed by atoms with van der Waals surface area (Å²) in [6.45, 7) is 5.07. The summed E-state index contributed by atoms with van der Waals surface area (Å²) in [5.41, 5.74) is 3.19. The first-order valence-electron chi connectivity index (χ1n) is 6.53. The van der Waals surface area contributed by atoms with Gasteiger partial charge in [-0.3, -0.25) is 19.9 Å². The molecule has 0 radical (unpaired) electrons. The molecule has 0 saturated carbocycles. The number of rotatable bonds is 5. The van der Waals surface area contributed by atoms with E-state index in [-0.39, 0.29) is 0 Å². The van der Waals surface area contributed by atoms with Gasteiger partial charge in [0.05, 0.1) is 11.4 Å². The molecule has 4 nitrogen and oxygen atoms in total. The van der Waals surface area contributed by atoms with Gasteiger partial charge < -0.3 is 0 Å². The fourth-order valence-corrected chi connectivity index (χ4v) is 1.99. The molecule has 19 heavy (non-hydrogen) atoms. The topological polar surface area (TPSA) is 41.9 Å².